The minimum atomic E-state index is -4.63. The molecule has 0 unspecified atom stereocenters. The first-order valence-electron chi connectivity index (χ1n) is 8.73. The molecule has 0 aromatic carbocycles. The Morgan fingerprint density at radius 1 is 1.21 bits per heavy atom. The van der Waals surface area contributed by atoms with Crippen LogP contribution < -0.4 is 5.56 Å². The molecule has 0 aliphatic heterocycles. The number of ketones is 1. The van der Waals surface area contributed by atoms with Crippen LogP contribution in [0.2, 0.25) is 0 Å². The summed E-state index contributed by atoms with van der Waals surface area (Å²) in [6.45, 7) is -0.445. The Balaban J connectivity index is 1.74. The minimum Gasteiger partial charge on any atom is -0.297 e. The van der Waals surface area contributed by atoms with Gasteiger partial charge in [-0.25, -0.2) is 13.5 Å². The van der Waals surface area contributed by atoms with Crippen molar-refractivity contribution in [3.05, 3.63) is 63.8 Å². The molecule has 0 saturated carbocycles. The molecule has 0 bridgehead atoms. The fraction of sp³-hybridized carbons (Fsp3) is 0.368. The summed E-state index contributed by atoms with van der Waals surface area (Å²) in [7, 11) is 0. The van der Waals surface area contributed by atoms with Gasteiger partial charge in [0.1, 0.15) is 12.2 Å². The van der Waals surface area contributed by atoms with Crippen molar-refractivity contribution in [1.29, 1.82) is 0 Å². The first kappa shape index (κ1) is 20.8. The summed E-state index contributed by atoms with van der Waals surface area (Å²) in [4.78, 5) is 27.5. The van der Waals surface area contributed by atoms with Crippen molar-refractivity contribution in [2.75, 3.05) is 0 Å². The minimum absolute atomic E-state index is 0.0867. The van der Waals surface area contributed by atoms with Crippen LogP contribution in [0.25, 0.3) is 5.57 Å². The third-order valence-corrected chi connectivity index (χ3v) is 4.45. The van der Waals surface area contributed by atoms with Gasteiger partial charge in [-0.05, 0) is 35.8 Å². The number of halogens is 5. The van der Waals surface area contributed by atoms with E-state index in [0.29, 0.717) is 11.3 Å². The Kier molecular flexibility index (Phi) is 5.63. The summed E-state index contributed by atoms with van der Waals surface area (Å²) in [6.07, 6.45) is -3.31. The summed E-state index contributed by atoms with van der Waals surface area (Å²) in [5, 5.41) is 4.06. The van der Waals surface area contributed by atoms with E-state index in [1.54, 1.807) is 0 Å². The number of nitrogens with zero attached hydrogens (tertiary/aromatic N) is 3. The number of aromatic nitrogens is 3. The molecule has 0 spiro atoms. The number of Topliss-reactive ketones (excluding diaryl/α,β-unsaturated/α-hetero) is 1. The largest absolute Gasteiger partial charge is 0.433 e. The molecule has 0 radical (unpaired) electrons. The van der Waals surface area contributed by atoms with Crippen molar-refractivity contribution in [1.82, 2.24) is 14.8 Å². The van der Waals surface area contributed by atoms with Crippen LogP contribution >= 0.6 is 0 Å². The summed E-state index contributed by atoms with van der Waals surface area (Å²) in [6, 6.07) is 4.64. The van der Waals surface area contributed by atoms with Gasteiger partial charge >= 0.3 is 6.18 Å². The molecule has 0 fully saturated rings. The van der Waals surface area contributed by atoms with Crippen molar-refractivity contribution in [2.24, 2.45) is 0 Å². The number of hydrogen-bond acceptors (Lipinski definition) is 4. The van der Waals surface area contributed by atoms with Gasteiger partial charge in [0.15, 0.2) is 5.78 Å². The zero-order valence-electron chi connectivity index (χ0n) is 15.0. The van der Waals surface area contributed by atoms with Gasteiger partial charge in [-0.1, -0.05) is 6.08 Å². The molecule has 154 valence electrons. The zero-order valence-corrected chi connectivity index (χ0v) is 15.0. The fourth-order valence-corrected chi connectivity index (χ4v) is 2.95. The van der Waals surface area contributed by atoms with Crippen molar-refractivity contribution in [2.45, 2.75) is 44.3 Å². The summed E-state index contributed by atoms with van der Waals surface area (Å²) in [5.74, 6) is -3.30. The molecule has 0 atom stereocenters. The highest BCUT2D eigenvalue weighted by atomic mass is 19.4. The number of hydrogen-bond donors (Lipinski definition) is 0. The average molecular weight is 413 g/mol. The molecule has 10 heteroatoms. The van der Waals surface area contributed by atoms with E-state index < -0.39 is 42.1 Å². The second-order valence-electron chi connectivity index (χ2n) is 6.77. The predicted molar refractivity (Wildman–Crippen MR) is 93.2 cm³/mol. The molecule has 0 saturated heterocycles. The molecular formula is C19H16F5N3O2. The van der Waals surface area contributed by atoms with Crippen LogP contribution in [0.3, 0.4) is 0 Å². The van der Waals surface area contributed by atoms with Crippen molar-refractivity contribution in [3.63, 3.8) is 0 Å². The first-order chi connectivity index (χ1) is 13.5. The highest BCUT2D eigenvalue weighted by Crippen LogP contribution is 2.35. The summed E-state index contributed by atoms with van der Waals surface area (Å²) in [5.41, 5.74) is -0.702. The van der Waals surface area contributed by atoms with E-state index in [4.69, 9.17) is 0 Å². The fourth-order valence-electron chi connectivity index (χ4n) is 2.95. The molecule has 0 N–H and O–H groups in total. The van der Waals surface area contributed by atoms with E-state index in [0.717, 1.165) is 16.9 Å². The Morgan fingerprint density at radius 3 is 2.62 bits per heavy atom. The van der Waals surface area contributed by atoms with Crippen molar-refractivity contribution in [3.8, 4) is 0 Å². The molecule has 5 nitrogen and oxygen atoms in total. The second-order valence-corrected chi connectivity index (χ2v) is 6.77. The standard InChI is InChI=1S/C19H16F5N3O2/c20-18(21)6-3-13(4-7-18)15-1-2-17(29)27(26-15)11-14(28)9-12-5-8-25-16(10-12)19(22,23)24/h1-3,5,8,10H,4,6-7,9,11H2. The van der Waals surface area contributed by atoms with Crippen LogP contribution in [0.15, 0.2) is 41.3 Å². The Hall–Kier alpha value is -2.91. The lowest BCUT2D eigenvalue weighted by atomic mass is 9.94. The molecule has 3 rings (SSSR count). The Bertz CT molecular complexity index is 1010. The SMILES string of the molecule is O=C(Cc1ccnc(C(F)(F)F)c1)Cn1nc(C2=CCC(F)(F)CC2)ccc1=O. The number of rotatable bonds is 5. The maximum atomic E-state index is 13.3. The van der Waals surface area contributed by atoms with Gasteiger partial charge in [0.05, 0.1) is 5.69 Å². The highest BCUT2D eigenvalue weighted by molar-refractivity contribution is 5.80. The van der Waals surface area contributed by atoms with Crippen LogP contribution in [-0.2, 0) is 23.9 Å². The van der Waals surface area contributed by atoms with Gasteiger partial charge in [-0.3, -0.25) is 14.6 Å². The number of pyridine rings is 1. The number of carbonyl (C=O) groups is 1. The third kappa shape index (κ3) is 5.33. The van der Waals surface area contributed by atoms with E-state index in [1.807, 2.05) is 0 Å². The Labute approximate surface area is 161 Å². The van der Waals surface area contributed by atoms with Crippen LogP contribution in [0.4, 0.5) is 22.0 Å². The van der Waals surface area contributed by atoms with Gasteiger partial charge in [0, 0.05) is 31.5 Å². The van der Waals surface area contributed by atoms with E-state index in [1.165, 1.54) is 24.3 Å². The van der Waals surface area contributed by atoms with Crippen LogP contribution in [-0.4, -0.2) is 26.5 Å². The normalized spacial score (nSPS) is 16.4. The molecule has 2 aromatic rings. The van der Waals surface area contributed by atoms with E-state index >= 15 is 0 Å². The second kappa shape index (κ2) is 7.84. The zero-order chi connectivity index (χ0) is 21.2. The predicted octanol–water partition coefficient (Wildman–Crippen LogP) is 3.67. The highest BCUT2D eigenvalue weighted by Gasteiger charge is 2.33. The maximum absolute atomic E-state index is 13.3. The third-order valence-electron chi connectivity index (χ3n) is 4.45. The molecular weight excluding hydrogens is 397 g/mol. The lowest BCUT2D eigenvalue weighted by molar-refractivity contribution is -0.141. The number of alkyl halides is 5. The molecule has 2 heterocycles. The van der Waals surface area contributed by atoms with Crippen LogP contribution in [0.1, 0.15) is 36.2 Å². The maximum Gasteiger partial charge on any atom is 0.433 e. The van der Waals surface area contributed by atoms with Gasteiger partial charge in [0.2, 0.25) is 0 Å². The van der Waals surface area contributed by atoms with Gasteiger partial charge in [-0.2, -0.15) is 18.3 Å². The number of carbonyl (C=O) groups excluding carboxylic acids is 1. The van der Waals surface area contributed by atoms with Crippen LogP contribution in [0.5, 0.6) is 0 Å². The van der Waals surface area contributed by atoms with Gasteiger partial charge < -0.3 is 0 Å². The van der Waals surface area contributed by atoms with Gasteiger partial charge in [-0.15, -0.1) is 0 Å². The molecule has 1 aliphatic rings. The Morgan fingerprint density at radius 2 is 1.97 bits per heavy atom. The van der Waals surface area contributed by atoms with E-state index in [-0.39, 0.29) is 24.8 Å². The molecule has 2 aromatic heterocycles. The number of allylic oxidation sites excluding steroid dienone is 2. The topological polar surface area (TPSA) is 64.8 Å². The van der Waals surface area contributed by atoms with E-state index in [2.05, 4.69) is 10.1 Å². The van der Waals surface area contributed by atoms with Gasteiger partial charge in [0.25, 0.3) is 11.5 Å². The quantitative estimate of drug-likeness (QED) is 0.702. The monoisotopic (exact) mass is 413 g/mol. The molecule has 29 heavy (non-hydrogen) atoms. The molecule has 0 amide bonds. The van der Waals surface area contributed by atoms with Crippen molar-refractivity contribution < 1.29 is 26.7 Å². The lowest BCUT2D eigenvalue weighted by Crippen LogP contribution is -2.28. The first-order valence-corrected chi connectivity index (χ1v) is 8.73. The average Bonchev–Trinajstić information content (AvgIpc) is 2.63. The van der Waals surface area contributed by atoms with Crippen LogP contribution in [0, 0.1) is 0 Å². The lowest BCUT2D eigenvalue weighted by Gasteiger charge is -2.21. The molecule has 1 aliphatic carbocycles. The summed E-state index contributed by atoms with van der Waals surface area (Å²) < 4.78 is 65.6. The summed E-state index contributed by atoms with van der Waals surface area (Å²) >= 11 is 0. The van der Waals surface area contributed by atoms with Crippen molar-refractivity contribution >= 4 is 11.4 Å². The van der Waals surface area contributed by atoms with E-state index in [9.17, 15) is 31.5 Å². The smallest absolute Gasteiger partial charge is 0.297 e.